The molecule has 102 valence electrons. The fraction of sp³-hybridized carbons (Fsp3) is 1.00. The van der Waals surface area contributed by atoms with E-state index in [0.717, 1.165) is 0 Å². The molecule has 0 aliphatic carbocycles. The molecule has 1 aliphatic heterocycles. The van der Waals surface area contributed by atoms with E-state index >= 15 is 0 Å². The van der Waals surface area contributed by atoms with E-state index in [1.54, 1.807) is 6.92 Å². The fourth-order valence-electron chi connectivity index (χ4n) is 1.78. The quantitative estimate of drug-likeness (QED) is 0.474. The van der Waals surface area contributed by atoms with Crippen molar-refractivity contribution in [1.29, 1.82) is 0 Å². The summed E-state index contributed by atoms with van der Waals surface area (Å²) >= 11 is 0. The molecule has 2 atom stereocenters. The van der Waals surface area contributed by atoms with Crippen LogP contribution in [0.1, 0.15) is 19.8 Å². The first-order valence-electron chi connectivity index (χ1n) is 5.95. The molecule has 1 aliphatic rings. The van der Waals surface area contributed by atoms with Gasteiger partial charge in [-0.1, -0.05) is 6.92 Å². The Morgan fingerprint density at radius 3 is 2.76 bits per heavy atom. The number of hydrogen-bond donors (Lipinski definition) is 2. The van der Waals surface area contributed by atoms with Crippen molar-refractivity contribution in [1.82, 2.24) is 5.43 Å². The zero-order chi connectivity index (χ0) is 12.7. The van der Waals surface area contributed by atoms with Gasteiger partial charge in [0.05, 0.1) is 31.7 Å². The third-order valence-corrected chi connectivity index (χ3v) is 4.71. The van der Waals surface area contributed by atoms with Crippen LogP contribution in [0.15, 0.2) is 0 Å². The molecular weight excluding hydrogens is 244 g/mol. The second-order valence-electron chi connectivity index (χ2n) is 4.14. The molecule has 1 heterocycles. The maximum atomic E-state index is 11.3. The molecule has 1 fully saturated rings. The Morgan fingerprint density at radius 1 is 1.47 bits per heavy atom. The summed E-state index contributed by atoms with van der Waals surface area (Å²) in [4.78, 5) is 0. The van der Waals surface area contributed by atoms with Gasteiger partial charge in [-0.3, -0.25) is 11.3 Å². The second-order valence-corrected chi connectivity index (χ2v) is 6.61. The van der Waals surface area contributed by atoms with Crippen molar-refractivity contribution < 1.29 is 17.9 Å². The molecule has 1 rings (SSSR count). The molecule has 1 saturated heterocycles. The molecule has 7 heteroatoms. The Kier molecular flexibility index (Phi) is 6.35. The summed E-state index contributed by atoms with van der Waals surface area (Å²) in [6, 6.07) is -0.0534. The van der Waals surface area contributed by atoms with Crippen molar-refractivity contribution in [2.24, 2.45) is 5.84 Å². The summed E-state index contributed by atoms with van der Waals surface area (Å²) in [6.45, 7) is 3.34. The summed E-state index contributed by atoms with van der Waals surface area (Å²) in [6.07, 6.45) is 1.17. The molecule has 0 spiro atoms. The lowest BCUT2D eigenvalue weighted by Crippen LogP contribution is -2.49. The smallest absolute Gasteiger partial charge is 0.150 e. The Labute approximate surface area is 103 Å². The van der Waals surface area contributed by atoms with Gasteiger partial charge in [-0.05, 0) is 12.8 Å². The molecule has 0 aromatic rings. The highest BCUT2D eigenvalue weighted by molar-refractivity contribution is 7.91. The Balaban J connectivity index is 2.31. The number of ether oxygens (including phenoxy) is 2. The van der Waals surface area contributed by atoms with Gasteiger partial charge in [-0.2, -0.15) is 0 Å². The largest absolute Gasteiger partial charge is 0.376 e. The van der Waals surface area contributed by atoms with Crippen LogP contribution in [0, 0.1) is 0 Å². The van der Waals surface area contributed by atoms with Crippen LogP contribution < -0.4 is 11.3 Å². The van der Waals surface area contributed by atoms with Crippen LogP contribution in [0.5, 0.6) is 0 Å². The summed E-state index contributed by atoms with van der Waals surface area (Å²) in [5.74, 6) is 5.85. The lowest BCUT2D eigenvalue weighted by molar-refractivity contribution is -0.102. The summed E-state index contributed by atoms with van der Waals surface area (Å²) in [7, 11) is -2.89. The van der Waals surface area contributed by atoms with Crippen molar-refractivity contribution in [3.63, 3.8) is 0 Å². The maximum Gasteiger partial charge on any atom is 0.150 e. The number of hydrazine groups is 1. The maximum absolute atomic E-state index is 11.3. The first kappa shape index (κ1) is 14.8. The molecular formula is C10H22N2O4S. The van der Waals surface area contributed by atoms with E-state index < -0.39 is 9.84 Å². The third-order valence-electron chi connectivity index (χ3n) is 2.91. The lowest BCUT2D eigenvalue weighted by atomic mass is 10.1. The number of nitrogens with one attached hydrogen (secondary N) is 1. The second kappa shape index (κ2) is 7.27. The van der Waals surface area contributed by atoms with Crippen LogP contribution in [0.3, 0.4) is 0 Å². The topological polar surface area (TPSA) is 90.7 Å². The number of hydrogen-bond acceptors (Lipinski definition) is 6. The zero-order valence-corrected chi connectivity index (χ0v) is 11.0. The van der Waals surface area contributed by atoms with E-state index in [-0.39, 0.29) is 23.7 Å². The molecule has 3 N–H and O–H groups in total. The van der Waals surface area contributed by atoms with Gasteiger partial charge in [0.25, 0.3) is 0 Å². The van der Waals surface area contributed by atoms with Crippen LogP contribution >= 0.6 is 0 Å². The van der Waals surface area contributed by atoms with E-state index in [9.17, 15) is 8.42 Å². The zero-order valence-electron chi connectivity index (χ0n) is 10.2. The molecule has 6 nitrogen and oxygen atoms in total. The highest BCUT2D eigenvalue weighted by atomic mass is 32.2. The van der Waals surface area contributed by atoms with Gasteiger partial charge < -0.3 is 9.47 Å². The van der Waals surface area contributed by atoms with E-state index in [1.165, 1.54) is 0 Å². The highest BCUT2D eigenvalue weighted by Crippen LogP contribution is 2.11. The van der Waals surface area contributed by atoms with Crippen LogP contribution in [0.4, 0.5) is 0 Å². The van der Waals surface area contributed by atoms with Crippen molar-refractivity contribution in [2.75, 3.05) is 31.3 Å². The van der Waals surface area contributed by atoms with E-state index in [0.29, 0.717) is 32.7 Å². The van der Waals surface area contributed by atoms with Gasteiger partial charge in [0, 0.05) is 11.8 Å². The first-order valence-corrected chi connectivity index (χ1v) is 7.77. The van der Waals surface area contributed by atoms with Crippen molar-refractivity contribution in [3.05, 3.63) is 0 Å². The Morgan fingerprint density at radius 2 is 2.24 bits per heavy atom. The standard InChI is InChI=1S/C10H22N2O4S/c1-2-17(13,14)7-3-4-9(12-11)10-8-15-5-6-16-10/h9-10,12H,2-8,11H2,1H3. The van der Waals surface area contributed by atoms with Crippen LogP contribution in [-0.4, -0.2) is 51.9 Å². The number of nitrogens with two attached hydrogens (primary N) is 1. The van der Waals surface area contributed by atoms with E-state index in [4.69, 9.17) is 15.3 Å². The number of rotatable bonds is 7. The van der Waals surface area contributed by atoms with Crippen molar-refractivity contribution in [2.45, 2.75) is 31.9 Å². The predicted octanol–water partition coefficient (Wildman–Crippen LogP) is -0.551. The molecule has 2 unspecified atom stereocenters. The molecule has 0 aromatic heterocycles. The SMILES string of the molecule is CCS(=O)(=O)CCCC(NN)C1COCCO1. The fourth-order valence-corrected chi connectivity index (χ4v) is 2.68. The minimum atomic E-state index is -2.89. The van der Waals surface area contributed by atoms with Gasteiger partial charge in [-0.25, -0.2) is 8.42 Å². The third kappa shape index (κ3) is 5.31. The van der Waals surface area contributed by atoms with Gasteiger partial charge in [0.15, 0.2) is 0 Å². The van der Waals surface area contributed by atoms with Gasteiger partial charge in [0.1, 0.15) is 9.84 Å². The van der Waals surface area contributed by atoms with Crippen molar-refractivity contribution in [3.8, 4) is 0 Å². The Bertz CT molecular complexity index is 301. The average Bonchev–Trinajstić information content (AvgIpc) is 2.36. The summed E-state index contributed by atoms with van der Waals surface area (Å²) < 4.78 is 33.5. The normalized spacial score (nSPS) is 23.5. The predicted molar refractivity (Wildman–Crippen MR) is 65.2 cm³/mol. The van der Waals surface area contributed by atoms with Crippen LogP contribution in [0.25, 0.3) is 0 Å². The molecule has 0 saturated carbocycles. The lowest BCUT2D eigenvalue weighted by Gasteiger charge is -2.29. The molecule has 0 amide bonds. The minimum Gasteiger partial charge on any atom is -0.376 e. The molecule has 0 aromatic carbocycles. The molecule has 17 heavy (non-hydrogen) atoms. The average molecular weight is 266 g/mol. The molecule has 0 radical (unpaired) electrons. The van der Waals surface area contributed by atoms with Crippen molar-refractivity contribution >= 4 is 9.84 Å². The summed E-state index contributed by atoms with van der Waals surface area (Å²) in [5, 5.41) is 0. The van der Waals surface area contributed by atoms with E-state index in [1.807, 2.05) is 0 Å². The van der Waals surface area contributed by atoms with E-state index in [2.05, 4.69) is 5.43 Å². The van der Waals surface area contributed by atoms with Crippen LogP contribution in [-0.2, 0) is 19.3 Å². The van der Waals surface area contributed by atoms with Crippen LogP contribution in [0.2, 0.25) is 0 Å². The monoisotopic (exact) mass is 266 g/mol. The van der Waals surface area contributed by atoms with Gasteiger partial charge >= 0.3 is 0 Å². The Hall–Kier alpha value is -0.210. The highest BCUT2D eigenvalue weighted by Gasteiger charge is 2.24. The van der Waals surface area contributed by atoms with Gasteiger partial charge in [-0.15, -0.1) is 0 Å². The summed E-state index contributed by atoms with van der Waals surface area (Å²) in [5.41, 5.74) is 2.68. The number of sulfone groups is 1. The minimum absolute atomic E-state index is 0.0534. The molecule has 0 bridgehead atoms. The first-order chi connectivity index (χ1) is 8.09. The van der Waals surface area contributed by atoms with Gasteiger partial charge in [0.2, 0.25) is 0 Å².